The van der Waals surface area contributed by atoms with Crippen LogP contribution in [0.2, 0.25) is 0 Å². The third kappa shape index (κ3) is 3.28. The lowest BCUT2D eigenvalue weighted by molar-refractivity contribution is -0.153. The van der Waals surface area contributed by atoms with Crippen molar-refractivity contribution in [2.75, 3.05) is 0 Å². The van der Waals surface area contributed by atoms with E-state index in [1.165, 1.54) is 12.1 Å². The molecular formula is C16H10F5NO. The van der Waals surface area contributed by atoms with E-state index in [0.29, 0.717) is 11.1 Å². The van der Waals surface area contributed by atoms with Crippen LogP contribution in [-0.2, 0) is 12.7 Å². The Balaban J connectivity index is 1.79. The molecule has 0 saturated carbocycles. The van der Waals surface area contributed by atoms with Crippen molar-refractivity contribution >= 4 is 0 Å². The molecule has 2 heterocycles. The highest BCUT2D eigenvalue weighted by Crippen LogP contribution is 2.31. The van der Waals surface area contributed by atoms with Crippen molar-refractivity contribution in [3.63, 3.8) is 0 Å². The van der Waals surface area contributed by atoms with Crippen molar-refractivity contribution in [3.8, 4) is 11.1 Å². The predicted octanol–water partition coefficient (Wildman–Crippen LogP) is 5.09. The Bertz CT molecular complexity index is 831. The zero-order chi connectivity index (χ0) is 16.6. The summed E-state index contributed by atoms with van der Waals surface area (Å²) in [6, 6.07) is 7.27. The SMILES string of the molecule is Fc1ccc(-c2ccn(Cc3ccc(C(F)(F)F)o3)c2)cc1F. The topological polar surface area (TPSA) is 18.1 Å². The number of alkyl halides is 3. The molecule has 0 atom stereocenters. The molecule has 7 heteroatoms. The van der Waals surface area contributed by atoms with Gasteiger partial charge in [0, 0.05) is 12.4 Å². The van der Waals surface area contributed by atoms with Gasteiger partial charge in [0.2, 0.25) is 5.76 Å². The number of hydrogen-bond acceptors (Lipinski definition) is 1. The number of furan rings is 1. The Morgan fingerprint density at radius 3 is 2.35 bits per heavy atom. The Hall–Kier alpha value is -2.57. The zero-order valence-electron chi connectivity index (χ0n) is 11.6. The van der Waals surface area contributed by atoms with Crippen molar-refractivity contribution in [3.05, 3.63) is 71.9 Å². The first-order valence-electron chi connectivity index (χ1n) is 6.60. The fraction of sp³-hybridized carbons (Fsp3) is 0.125. The van der Waals surface area contributed by atoms with Crippen molar-refractivity contribution in [2.45, 2.75) is 12.7 Å². The van der Waals surface area contributed by atoms with E-state index in [-0.39, 0.29) is 12.3 Å². The van der Waals surface area contributed by atoms with Gasteiger partial charge in [-0.25, -0.2) is 8.78 Å². The van der Waals surface area contributed by atoms with Crippen LogP contribution in [0.15, 0.2) is 53.2 Å². The fourth-order valence-corrected chi connectivity index (χ4v) is 2.18. The highest BCUT2D eigenvalue weighted by Gasteiger charge is 2.34. The first-order chi connectivity index (χ1) is 10.8. The number of hydrogen-bond donors (Lipinski definition) is 0. The number of aromatic nitrogens is 1. The monoisotopic (exact) mass is 327 g/mol. The maximum atomic E-state index is 13.2. The minimum atomic E-state index is -4.52. The van der Waals surface area contributed by atoms with Crippen LogP contribution < -0.4 is 0 Å². The predicted molar refractivity (Wildman–Crippen MR) is 72.6 cm³/mol. The van der Waals surface area contributed by atoms with Gasteiger partial charge < -0.3 is 8.98 Å². The molecular weight excluding hydrogens is 317 g/mol. The van der Waals surface area contributed by atoms with Crippen molar-refractivity contribution < 1.29 is 26.4 Å². The summed E-state index contributed by atoms with van der Waals surface area (Å²) in [5.41, 5.74) is 1.09. The number of benzene rings is 1. The van der Waals surface area contributed by atoms with Gasteiger partial charge in [0.05, 0.1) is 6.54 Å². The van der Waals surface area contributed by atoms with E-state index in [2.05, 4.69) is 0 Å². The lowest BCUT2D eigenvalue weighted by atomic mass is 10.1. The lowest BCUT2D eigenvalue weighted by Crippen LogP contribution is -2.02. The second kappa shape index (κ2) is 5.57. The molecule has 0 radical (unpaired) electrons. The van der Waals surface area contributed by atoms with Crippen molar-refractivity contribution in [2.24, 2.45) is 0 Å². The van der Waals surface area contributed by atoms with Crippen LogP contribution in [-0.4, -0.2) is 4.57 Å². The Labute approximate surface area is 127 Å². The highest BCUT2D eigenvalue weighted by atomic mass is 19.4. The molecule has 0 fully saturated rings. The summed E-state index contributed by atoms with van der Waals surface area (Å²) in [7, 11) is 0. The van der Waals surface area contributed by atoms with Crippen LogP contribution in [0.5, 0.6) is 0 Å². The molecule has 0 spiro atoms. The Kier molecular flexibility index (Phi) is 3.71. The largest absolute Gasteiger partial charge is 0.455 e. The van der Waals surface area contributed by atoms with Gasteiger partial charge in [-0.05, 0) is 41.5 Å². The van der Waals surface area contributed by atoms with E-state index in [4.69, 9.17) is 4.42 Å². The minimum Gasteiger partial charge on any atom is -0.455 e. The summed E-state index contributed by atoms with van der Waals surface area (Å²) in [5, 5.41) is 0. The molecule has 0 saturated heterocycles. The smallest absolute Gasteiger partial charge is 0.449 e. The molecule has 0 aliphatic heterocycles. The average Bonchev–Trinajstić information content (AvgIpc) is 3.11. The van der Waals surface area contributed by atoms with Crippen LogP contribution in [0.3, 0.4) is 0 Å². The normalized spacial score (nSPS) is 11.9. The molecule has 0 aliphatic rings. The summed E-state index contributed by atoms with van der Waals surface area (Å²) in [5.74, 6) is -2.82. The van der Waals surface area contributed by atoms with Gasteiger partial charge in [-0.15, -0.1) is 0 Å². The van der Waals surface area contributed by atoms with Gasteiger partial charge >= 0.3 is 6.18 Å². The number of rotatable bonds is 3. The van der Waals surface area contributed by atoms with Gasteiger partial charge in [-0.2, -0.15) is 13.2 Å². The molecule has 2 nitrogen and oxygen atoms in total. The second-order valence-corrected chi connectivity index (χ2v) is 4.97. The van der Waals surface area contributed by atoms with Gasteiger partial charge in [0.1, 0.15) is 5.76 Å². The standard InChI is InChI=1S/C16H10F5NO/c17-13-3-1-10(7-14(13)18)11-5-6-22(8-11)9-12-2-4-15(23-12)16(19,20)21/h1-8H,9H2. The van der Waals surface area contributed by atoms with Gasteiger partial charge in [-0.1, -0.05) is 6.07 Å². The van der Waals surface area contributed by atoms with Crippen LogP contribution in [0.1, 0.15) is 11.5 Å². The molecule has 3 aromatic rings. The van der Waals surface area contributed by atoms with Gasteiger partial charge in [-0.3, -0.25) is 0 Å². The molecule has 0 aliphatic carbocycles. The molecule has 1 aromatic carbocycles. The molecule has 120 valence electrons. The minimum absolute atomic E-state index is 0.0970. The summed E-state index contributed by atoms with van der Waals surface area (Å²) >= 11 is 0. The van der Waals surface area contributed by atoms with E-state index >= 15 is 0 Å². The van der Waals surface area contributed by atoms with E-state index < -0.39 is 23.6 Å². The maximum Gasteiger partial charge on any atom is 0.449 e. The van der Waals surface area contributed by atoms with Crippen LogP contribution in [0, 0.1) is 11.6 Å². The van der Waals surface area contributed by atoms with Crippen LogP contribution in [0.25, 0.3) is 11.1 Å². The average molecular weight is 327 g/mol. The molecule has 0 amide bonds. The van der Waals surface area contributed by atoms with Gasteiger partial charge in [0.25, 0.3) is 0 Å². The van der Waals surface area contributed by atoms with Crippen molar-refractivity contribution in [1.82, 2.24) is 4.57 Å². The third-order valence-electron chi connectivity index (χ3n) is 3.28. The van der Waals surface area contributed by atoms with E-state index in [0.717, 1.165) is 18.2 Å². The first-order valence-corrected chi connectivity index (χ1v) is 6.60. The molecule has 23 heavy (non-hydrogen) atoms. The van der Waals surface area contributed by atoms with Crippen LogP contribution in [0.4, 0.5) is 22.0 Å². The summed E-state index contributed by atoms with van der Waals surface area (Å²) in [6.45, 7) is 0.0970. The molecule has 0 unspecified atom stereocenters. The quantitative estimate of drug-likeness (QED) is 0.613. The van der Waals surface area contributed by atoms with E-state index in [1.807, 2.05) is 0 Å². The maximum absolute atomic E-state index is 13.2. The number of halogens is 5. The third-order valence-corrected chi connectivity index (χ3v) is 3.28. The highest BCUT2D eigenvalue weighted by molar-refractivity contribution is 5.62. The fourth-order valence-electron chi connectivity index (χ4n) is 2.18. The zero-order valence-corrected chi connectivity index (χ0v) is 11.6. The molecule has 0 N–H and O–H groups in total. The van der Waals surface area contributed by atoms with E-state index in [1.54, 1.807) is 23.0 Å². The van der Waals surface area contributed by atoms with E-state index in [9.17, 15) is 22.0 Å². The van der Waals surface area contributed by atoms with Gasteiger partial charge in [0.15, 0.2) is 11.6 Å². The molecule has 3 rings (SSSR count). The summed E-state index contributed by atoms with van der Waals surface area (Å²) in [4.78, 5) is 0. The summed E-state index contributed by atoms with van der Waals surface area (Å²) < 4.78 is 69.9. The summed E-state index contributed by atoms with van der Waals surface area (Å²) in [6.07, 6.45) is -1.29. The second-order valence-electron chi connectivity index (χ2n) is 4.97. The molecule has 0 bridgehead atoms. The van der Waals surface area contributed by atoms with Crippen LogP contribution >= 0.6 is 0 Å². The Morgan fingerprint density at radius 2 is 1.70 bits per heavy atom. The lowest BCUT2D eigenvalue weighted by Gasteiger charge is -2.02. The first kappa shape index (κ1) is 15.3. The van der Waals surface area contributed by atoms with Crippen molar-refractivity contribution in [1.29, 1.82) is 0 Å². The number of nitrogens with zero attached hydrogens (tertiary/aromatic N) is 1. The Morgan fingerprint density at radius 1 is 0.913 bits per heavy atom. The molecule has 2 aromatic heterocycles.